The molecule has 0 heterocycles. The number of carbonyl (C=O) groups is 5. The van der Waals surface area contributed by atoms with E-state index < -0.39 is 48.0 Å². The van der Waals surface area contributed by atoms with Gasteiger partial charge in [0, 0.05) is 13.0 Å². The minimum atomic E-state index is -1.34. The lowest BCUT2D eigenvalue weighted by molar-refractivity contribution is -0.139. The van der Waals surface area contributed by atoms with Gasteiger partial charge in [0.2, 0.25) is 11.8 Å². The van der Waals surface area contributed by atoms with Crippen molar-refractivity contribution in [1.82, 2.24) is 21.3 Å². The number of amides is 4. The number of aromatic hydroxyl groups is 1. The van der Waals surface area contributed by atoms with Gasteiger partial charge in [-0.15, -0.1) is 0 Å². The Labute approximate surface area is 255 Å². The summed E-state index contributed by atoms with van der Waals surface area (Å²) in [6, 6.07) is 9.63. The number of carboxylic acids is 1. The first-order chi connectivity index (χ1) is 20.9. The number of urea groups is 1. The first kappa shape index (κ1) is 35.1. The van der Waals surface area contributed by atoms with Gasteiger partial charge in [-0.1, -0.05) is 56.3 Å². The van der Waals surface area contributed by atoms with Gasteiger partial charge in [-0.3, -0.25) is 14.6 Å². The highest BCUT2D eigenvalue weighted by molar-refractivity contribution is 5.93. The maximum Gasteiger partial charge on any atom is 0.326 e. The van der Waals surface area contributed by atoms with Crippen molar-refractivity contribution in [2.75, 3.05) is 6.54 Å². The molecule has 44 heavy (non-hydrogen) atoms. The largest absolute Gasteiger partial charge is 0.508 e. The minimum absolute atomic E-state index is 0.00663. The number of nitrogens with one attached hydrogen (secondary N) is 4. The molecule has 0 unspecified atom stereocenters. The first-order valence-electron chi connectivity index (χ1n) is 14.1. The summed E-state index contributed by atoms with van der Waals surface area (Å²) in [5, 5.41) is 29.3. The SMILES string of the molecule is CC(C)[C@@H](NC(=O)[C@H](CCCN=C(N)N)NC(=O)N[C@H](Cc1ccc(O)cc1)C(=O)O)C(=O)N[C@H](C=O)Cc1ccccc1. The Bertz CT molecular complexity index is 1280. The maximum atomic E-state index is 13.4. The highest BCUT2D eigenvalue weighted by Crippen LogP contribution is 2.12. The van der Waals surface area contributed by atoms with Gasteiger partial charge in [-0.25, -0.2) is 9.59 Å². The van der Waals surface area contributed by atoms with Gasteiger partial charge in [0.05, 0.1) is 6.04 Å². The van der Waals surface area contributed by atoms with Crippen LogP contribution >= 0.6 is 0 Å². The lowest BCUT2D eigenvalue weighted by atomic mass is 10.0. The van der Waals surface area contributed by atoms with E-state index in [1.807, 2.05) is 30.3 Å². The van der Waals surface area contributed by atoms with Crippen molar-refractivity contribution >= 4 is 36.1 Å². The number of benzene rings is 2. The zero-order chi connectivity index (χ0) is 32.6. The molecule has 14 nitrogen and oxygen atoms in total. The predicted octanol–water partition coefficient (Wildman–Crippen LogP) is 0.177. The normalized spacial score (nSPS) is 13.4. The van der Waals surface area contributed by atoms with Gasteiger partial charge in [-0.2, -0.15) is 0 Å². The fourth-order valence-electron chi connectivity index (χ4n) is 4.26. The van der Waals surface area contributed by atoms with E-state index in [1.165, 1.54) is 24.3 Å². The van der Waals surface area contributed by atoms with E-state index in [-0.39, 0.29) is 49.9 Å². The van der Waals surface area contributed by atoms with Gasteiger partial charge >= 0.3 is 12.0 Å². The molecule has 14 heteroatoms. The third-order valence-corrected chi connectivity index (χ3v) is 6.58. The number of rotatable bonds is 17. The summed E-state index contributed by atoms with van der Waals surface area (Å²) in [5.74, 6) is -3.11. The van der Waals surface area contributed by atoms with Crippen LogP contribution in [0.1, 0.15) is 37.8 Å². The number of hydrogen-bond acceptors (Lipinski definition) is 7. The van der Waals surface area contributed by atoms with E-state index in [1.54, 1.807) is 13.8 Å². The van der Waals surface area contributed by atoms with Crippen LogP contribution in [0, 0.1) is 5.92 Å². The first-order valence-corrected chi connectivity index (χ1v) is 14.1. The number of hydrogen-bond donors (Lipinski definition) is 8. The number of carbonyl (C=O) groups excluding carboxylic acids is 4. The van der Waals surface area contributed by atoms with E-state index in [4.69, 9.17) is 11.5 Å². The van der Waals surface area contributed by atoms with E-state index in [2.05, 4.69) is 26.3 Å². The monoisotopic (exact) mass is 611 g/mol. The molecule has 0 bridgehead atoms. The lowest BCUT2D eigenvalue weighted by Crippen LogP contribution is -2.58. The molecule has 4 amide bonds. The molecule has 0 aliphatic heterocycles. The summed E-state index contributed by atoms with van der Waals surface area (Å²) >= 11 is 0. The minimum Gasteiger partial charge on any atom is -0.508 e. The van der Waals surface area contributed by atoms with E-state index in [0.717, 1.165) is 5.56 Å². The van der Waals surface area contributed by atoms with Crippen molar-refractivity contribution in [3.8, 4) is 5.75 Å². The molecule has 0 saturated carbocycles. The number of nitrogens with two attached hydrogens (primary N) is 2. The third kappa shape index (κ3) is 12.4. The fourth-order valence-corrected chi connectivity index (χ4v) is 4.26. The maximum absolute atomic E-state index is 13.4. The van der Waals surface area contributed by atoms with Crippen molar-refractivity contribution in [2.24, 2.45) is 22.4 Å². The second-order valence-corrected chi connectivity index (χ2v) is 10.6. The van der Waals surface area contributed by atoms with Gasteiger partial charge in [0.25, 0.3) is 0 Å². The summed E-state index contributed by atoms with van der Waals surface area (Å²) < 4.78 is 0. The highest BCUT2D eigenvalue weighted by atomic mass is 16.4. The lowest BCUT2D eigenvalue weighted by Gasteiger charge is -2.27. The van der Waals surface area contributed by atoms with Gasteiger partial charge in [-0.05, 0) is 48.4 Å². The zero-order valence-electron chi connectivity index (χ0n) is 24.7. The Balaban J connectivity index is 2.13. The average molecular weight is 612 g/mol. The average Bonchev–Trinajstić information content (AvgIpc) is 2.97. The van der Waals surface area contributed by atoms with Crippen molar-refractivity contribution in [2.45, 2.75) is 63.7 Å². The van der Waals surface area contributed by atoms with Crippen LogP contribution in [-0.4, -0.2) is 77.0 Å². The number of aliphatic carboxylic acids is 1. The molecule has 2 aromatic rings. The molecule has 4 atom stereocenters. The molecule has 0 aromatic heterocycles. The fraction of sp³-hybridized carbons (Fsp3) is 0.400. The quantitative estimate of drug-likeness (QED) is 0.0526. The van der Waals surface area contributed by atoms with Crippen molar-refractivity contribution in [1.29, 1.82) is 0 Å². The Morgan fingerprint density at radius 1 is 0.841 bits per heavy atom. The van der Waals surface area contributed by atoms with Gasteiger partial charge < -0.3 is 47.7 Å². The van der Waals surface area contributed by atoms with Crippen LogP contribution in [0.4, 0.5) is 4.79 Å². The number of carboxylic acid groups (broad SMARTS) is 1. The van der Waals surface area contributed by atoms with Crippen LogP contribution in [0.15, 0.2) is 59.6 Å². The summed E-state index contributed by atoms with van der Waals surface area (Å²) in [6.07, 6.45) is 1.14. The van der Waals surface area contributed by atoms with Crippen LogP contribution < -0.4 is 32.7 Å². The van der Waals surface area contributed by atoms with Gasteiger partial charge in [0.15, 0.2) is 5.96 Å². The van der Waals surface area contributed by atoms with Crippen LogP contribution in [0.2, 0.25) is 0 Å². The van der Waals surface area contributed by atoms with E-state index in [0.29, 0.717) is 11.8 Å². The zero-order valence-corrected chi connectivity index (χ0v) is 24.7. The van der Waals surface area contributed by atoms with Crippen molar-refractivity contribution in [3.05, 3.63) is 65.7 Å². The van der Waals surface area contributed by atoms with Crippen molar-refractivity contribution < 1.29 is 34.2 Å². The predicted molar refractivity (Wildman–Crippen MR) is 164 cm³/mol. The topological polar surface area (TPSA) is 238 Å². The van der Waals surface area contributed by atoms with Crippen molar-refractivity contribution in [3.63, 3.8) is 0 Å². The Morgan fingerprint density at radius 2 is 1.45 bits per heavy atom. The molecule has 0 fully saturated rings. The molecule has 238 valence electrons. The Hall–Kier alpha value is -5.14. The molecular formula is C30H41N7O7. The van der Waals surface area contributed by atoms with Gasteiger partial charge in [0.1, 0.15) is 30.2 Å². The molecule has 2 aromatic carbocycles. The third-order valence-electron chi connectivity index (χ3n) is 6.58. The molecule has 0 radical (unpaired) electrons. The molecule has 0 saturated heterocycles. The molecule has 0 aliphatic rings. The van der Waals surface area contributed by atoms with Crippen LogP contribution in [0.3, 0.4) is 0 Å². The Kier molecular flexibility index (Phi) is 14.1. The second kappa shape index (κ2) is 17.7. The summed E-state index contributed by atoms with van der Waals surface area (Å²) in [4.78, 5) is 66.9. The summed E-state index contributed by atoms with van der Waals surface area (Å²) in [7, 11) is 0. The van der Waals surface area contributed by atoms with Crippen LogP contribution in [-0.2, 0) is 32.0 Å². The van der Waals surface area contributed by atoms with E-state index >= 15 is 0 Å². The number of aliphatic imine (C=N–C) groups is 1. The smallest absolute Gasteiger partial charge is 0.326 e. The second-order valence-electron chi connectivity index (χ2n) is 10.6. The molecular weight excluding hydrogens is 570 g/mol. The number of phenolic OH excluding ortho intramolecular Hbond substituents is 1. The standard InChI is InChI=1S/C30H41N7O7/c1-18(2)25(27(41)34-21(17-38)15-19-7-4-3-5-8-19)37-26(40)23(9-6-14-33-29(31)32)35-30(44)36-24(28(42)43)16-20-10-12-22(39)13-11-20/h3-5,7-8,10-13,17-18,21,23-25,39H,6,9,14-16H2,1-2H3,(H,34,41)(H,37,40)(H,42,43)(H4,31,32,33)(H2,35,36,44)/t21-,23-,24+,25+/m0/s1. The number of phenols is 1. The Morgan fingerprint density at radius 3 is 2.02 bits per heavy atom. The summed E-state index contributed by atoms with van der Waals surface area (Å²) in [6.45, 7) is 3.58. The highest BCUT2D eigenvalue weighted by Gasteiger charge is 2.30. The summed E-state index contributed by atoms with van der Waals surface area (Å²) in [5.41, 5.74) is 12.1. The molecule has 0 spiro atoms. The number of guanidine groups is 1. The van der Waals surface area contributed by atoms with Crippen LogP contribution in [0.5, 0.6) is 5.75 Å². The van der Waals surface area contributed by atoms with Crippen LogP contribution in [0.25, 0.3) is 0 Å². The number of nitrogens with zero attached hydrogens (tertiary/aromatic N) is 1. The molecule has 2 rings (SSSR count). The molecule has 10 N–H and O–H groups in total. The van der Waals surface area contributed by atoms with E-state index in [9.17, 15) is 34.2 Å². The molecule has 0 aliphatic carbocycles. The number of aldehydes is 1.